The Labute approximate surface area is 250 Å². The van der Waals surface area contributed by atoms with Crippen LogP contribution in [0.5, 0.6) is 0 Å². The standard InChI is InChI=1S/C35H46FN5O/c1-27(2)40-22-24-41(25-23-40)34(29-13-15-30(36)16-14-29)26-39-20-18-38(19-21-39)17-7-12-32-31(28-8-4-3-5-9-28)10-6-11-33(32)35(37)42/h3-6,8-11,13-16,27,34H,7,12,17-26H2,1-2H3,(H2,37,42). The molecule has 0 aliphatic carbocycles. The molecule has 2 fully saturated rings. The molecule has 3 aromatic rings. The summed E-state index contributed by atoms with van der Waals surface area (Å²) in [5.41, 5.74) is 10.9. The number of halogens is 1. The van der Waals surface area contributed by atoms with Crippen LogP contribution in [0.15, 0.2) is 72.8 Å². The second-order valence-corrected chi connectivity index (χ2v) is 12.0. The zero-order chi connectivity index (χ0) is 29.5. The Hall–Kier alpha value is -3.10. The SMILES string of the molecule is CC(C)N1CCN(C(CN2CCN(CCCc3c(C(N)=O)cccc3-c3ccccc3)CC2)c2ccc(F)cc2)CC1. The first-order chi connectivity index (χ1) is 20.4. The average molecular weight is 572 g/mol. The predicted molar refractivity (Wildman–Crippen MR) is 169 cm³/mol. The summed E-state index contributed by atoms with van der Waals surface area (Å²) in [5, 5.41) is 0. The highest BCUT2D eigenvalue weighted by Crippen LogP contribution is 2.28. The molecular weight excluding hydrogens is 525 g/mol. The fraction of sp³-hybridized carbons (Fsp3) is 0.457. The highest BCUT2D eigenvalue weighted by atomic mass is 19.1. The monoisotopic (exact) mass is 571 g/mol. The highest BCUT2D eigenvalue weighted by molar-refractivity contribution is 5.96. The molecule has 3 aromatic carbocycles. The number of piperazine rings is 2. The second kappa shape index (κ2) is 14.4. The molecule has 0 bridgehead atoms. The maximum absolute atomic E-state index is 13.8. The van der Waals surface area contributed by atoms with Crippen molar-refractivity contribution in [2.24, 2.45) is 5.73 Å². The number of carbonyl (C=O) groups excluding carboxylic acids is 1. The summed E-state index contributed by atoms with van der Waals surface area (Å²) in [6, 6.07) is 24.1. The molecule has 6 nitrogen and oxygen atoms in total. The summed E-state index contributed by atoms with van der Waals surface area (Å²) in [7, 11) is 0. The normalized spacial score (nSPS) is 18.4. The van der Waals surface area contributed by atoms with Crippen LogP contribution in [0.1, 0.15) is 47.8 Å². The van der Waals surface area contributed by atoms with Crippen molar-refractivity contribution in [2.75, 3.05) is 65.4 Å². The first kappa shape index (κ1) is 30.4. The molecule has 224 valence electrons. The van der Waals surface area contributed by atoms with E-state index in [1.54, 1.807) is 12.1 Å². The van der Waals surface area contributed by atoms with Gasteiger partial charge in [-0.25, -0.2) is 4.39 Å². The molecule has 0 spiro atoms. The second-order valence-electron chi connectivity index (χ2n) is 12.0. The topological polar surface area (TPSA) is 56.1 Å². The number of nitrogens with zero attached hydrogens (tertiary/aromatic N) is 4. The zero-order valence-corrected chi connectivity index (χ0v) is 25.2. The van der Waals surface area contributed by atoms with Crippen LogP contribution in [-0.4, -0.2) is 97.0 Å². The lowest BCUT2D eigenvalue weighted by molar-refractivity contribution is 0.0481. The summed E-state index contributed by atoms with van der Waals surface area (Å²) in [4.78, 5) is 22.5. The molecule has 5 rings (SSSR count). The molecule has 7 heteroatoms. The van der Waals surface area contributed by atoms with E-state index in [9.17, 15) is 9.18 Å². The largest absolute Gasteiger partial charge is 0.366 e. The molecule has 1 unspecified atom stereocenters. The number of nitrogens with two attached hydrogens (primary N) is 1. The van der Waals surface area contributed by atoms with Crippen LogP contribution in [0.4, 0.5) is 4.39 Å². The number of carbonyl (C=O) groups is 1. The lowest BCUT2D eigenvalue weighted by atomic mass is 9.92. The third kappa shape index (κ3) is 7.64. The van der Waals surface area contributed by atoms with E-state index in [1.165, 1.54) is 5.56 Å². The molecular formula is C35H46FN5O. The Morgan fingerprint density at radius 1 is 0.786 bits per heavy atom. The first-order valence-electron chi connectivity index (χ1n) is 15.5. The quantitative estimate of drug-likeness (QED) is 0.355. The van der Waals surface area contributed by atoms with Crippen LogP contribution < -0.4 is 5.73 Å². The highest BCUT2D eigenvalue weighted by Gasteiger charge is 2.29. The van der Waals surface area contributed by atoms with Crippen LogP contribution in [0.2, 0.25) is 0 Å². The van der Waals surface area contributed by atoms with E-state index >= 15 is 0 Å². The maximum Gasteiger partial charge on any atom is 0.248 e. The van der Waals surface area contributed by atoms with Crippen molar-refractivity contribution in [3.05, 3.63) is 95.3 Å². The van der Waals surface area contributed by atoms with Gasteiger partial charge in [-0.15, -0.1) is 0 Å². The van der Waals surface area contributed by atoms with E-state index in [2.05, 4.69) is 51.6 Å². The molecule has 0 saturated carbocycles. The lowest BCUT2D eigenvalue weighted by Gasteiger charge is -2.43. The van der Waals surface area contributed by atoms with Gasteiger partial charge in [-0.05, 0) is 73.7 Å². The third-order valence-electron chi connectivity index (χ3n) is 9.10. The molecule has 1 atom stereocenters. The Morgan fingerprint density at radius 3 is 2.07 bits per heavy atom. The molecule has 42 heavy (non-hydrogen) atoms. The van der Waals surface area contributed by atoms with Crippen molar-refractivity contribution in [1.82, 2.24) is 19.6 Å². The van der Waals surface area contributed by atoms with Gasteiger partial charge in [0.2, 0.25) is 5.91 Å². The molecule has 2 aliphatic rings. The number of hydrogen-bond donors (Lipinski definition) is 1. The van der Waals surface area contributed by atoms with E-state index in [-0.39, 0.29) is 17.8 Å². The molecule has 1 amide bonds. The van der Waals surface area contributed by atoms with Crippen LogP contribution in [0.25, 0.3) is 11.1 Å². The van der Waals surface area contributed by atoms with Gasteiger partial charge in [-0.3, -0.25) is 19.5 Å². The predicted octanol–water partition coefficient (Wildman–Crippen LogP) is 4.91. The number of hydrogen-bond acceptors (Lipinski definition) is 5. The Balaban J connectivity index is 1.17. The maximum atomic E-state index is 13.8. The van der Waals surface area contributed by atoms with Crippen molar-refractivity contribution < 1.29 is 9.18 Å². The van der Waals surface area contributed by atoms with Crippen LogP contribution >= 0.6 is 0 Å². The zero-order valence-electron chi connectivity index (χ0n) is 25.2. The summed E-state index contributed by atoms with van der Waals surface area (Å²) in [6.07, 6.45) is 1.79. The van der Waals surface area contributed by atoms with Gasteiger partial charge in [-0.2, -0.15) is 0 Å². The Morgan fingerprint density at radius 2 is 1.43 bits per heavy atom. The number of rotatable bonds is 11. The smallest absolute Gasteiger partial charge is 0.248 e. The fourth-order valence-electron chi connectivity index (χ4n) is 6.58. The van der Waals surface area contributed by atoms with Crippen LogP contribution in [0.3, 0.4) is 0 Å². The first-order valence-corrected chi connectivity index (χ1v) is 15.5. The minimum atomic E-state index is -0.363. The van der Waals surface area contributed by atoms with E-state index in [4.69, 9.17) is 5.73 Å². The van der Waals surface area contributed by atoms with E-state index in [1.807, 2.05) is 42.5 Å². The minimum Gasteiger partial charge on any atom is -0.366 e. The lowest BCUT2D eigenvalue weighted by Crippen LogP contribution is -2.53. The van der Waals surface area contributed by atoms with Crippen molar-refractivity contribution in [1.29, 1.82) is 0 Å². The van der Waals surface area contributed by atoms with Gasteiger partial charge in [0, 0.05) is 76.5 Å². The molecule has 0 aromatic heterocycles. The molecule has 2 N–H and O–H groups in total. The summed E-state index contributed by atoms with van der Waals surface area (Å²) >= 11 is 0. The van der Waals surface area contributed by atoms with Crippen molar-refractivity contribution >= 4 is 5.91 Å². The summed E-state index contributed by atoms with van der Waals surface area (Å²) in [5.74, 6) is -0.539. The molecule has 2 saturated heterocycles. The van der Waals surface area contributed by atoms with Crippen LogP contribution in [-0.2, 0) is 6.42 Å². The van der Waals surface area contributed by atoms with Gasteiger partial charge < -0.3 is 10.6 Å². The molecule has 0 radical (unpaired) electrons. The van der Waals surface area contributed by atoms with Gasteiger partial charge in [0.15, 0.2) is 0 Å². The summed E-state index contributed by atoms with van der Waals surface area (Å²) < 4.78 is 13.8. The Kier molecular flexibility index (Phi) is 10.4. The van der Waals surface area contributed by atoms with E-state index in [0.717, 1.165) is 95.0 Å². The van der Waals surface area contributed by atoms with Gasteiger partial charge in [0.1, 0.15) is 5.82 Å². The van der Waals surface area contributed by atoms with Crippen molar-refractivity contribution in [3.8, 4) is 11.1 Å². The minimum absolute atomic E-state index is 0.176. The molecule has 2 heterocycles. The van der Waals surface area contributed by atoms with Crippen molar-refractivity contribution in [2.45, 2.75) is 38.8 Å². The van der Waals surface area contributed by atoms with Gasteiger partial charge in [-0.1, -0.05) is 54.6 Å². The number of amides is 1. The van der Waals surface area contributed by atoms with Crippen molar-refractivity contribution in [3.63, 3.8) is 0 Å². The Bertz CT molecular complexity index is 1280. The van der Waals surface area contributed by atoms with E-state index < -0.39 is 0 Å². The van der Waals surface area contributed by atoms with E-state index in [0.29, 0.717) is 11.6 Å². The summed E-state index contributed by atoms with van der Waals surface area (Å²) in [6.45, 7) is 14.8. The van der Waals surface area contributed by atoms with Gasteiger partial charge in [0.25, 0.3) is 0 Å². The third-order valence-corrected chi connectivity index (χ3v) is 9.10. The number of primary amides is 1. The average Bonchev–Trinajstić information content (AvgIpc) is 3.01. The molecule has 2 aliphatic heterocycles. The fourth-order valence-corrected chi connectivity index (χ4v) is 6.58. The number of benzene rings is 3. The van der Waals surface area contributed by atoms with Gasteiger partial charge in [0.05, 0.1) is 0 Å². The van der Waals surface area contributed by atoms with Gasteiger partial charge >= 0.3 is 0 Å². The van der Waals surface area contributed by atoms with Crippen LogP contribution in [0, 0.1) is 5.82 Å².